The van der Waals surface area contributed by atoms with Gasteiger partial charge in [-0.2, -0.15) is 0 Å². The van der Waals surface area contributed by atoms with Gasteiger partial charge in [-0.3, -0.25) is 17.8 Å². The highest BCUT2D eigenvalue weighted by Gasteiger charge is 2.08. The molecular weight excluding hydrogens is 273 g/mol. The third kappa shape index (κ3) is 6.40. The summed E-state index contributed by atoms with van der Waals surface area (Å²) < 4.78 is 30.9. The highest BCUT2D eigenvalue weighted by atomic mass is 19.4. The Hall–Kier alpha value is -1.79. The van der Waals surface area contributed by atoms with Gasteiger partial charge in [0.15, 0.2) is 6.61 Å². The molecule has 2 rings (SSSR count). The molecule has 0 fully saturated rings. The third-order valence-corrected chi connectivity index (χ3v) is 2.40. The first-order valence-electron chi connectivity index (χ1n) is 6.10. The number of pyridine rings is 1. The Morgan fingerprint density at radius 2 is 1.70 bits per heavy atom. The van der Waals surface area contributed by atoms with E-state index in [9.17, 15) is 12.9 Å². The lowest BCUT2D eigenvalue weighted by atomic mass is 10.2. The van der Waals surface area contributed by atoms with Crippen LogP contribution in [0.5, 0.6) is 0 Å². The summed E-state index contributed by atoms with van der Waals surface area (Å²) >= 11 is 0. The predicted octanol–water partition coefficient (Wildman–Crippen LogP) is 0.240. The van der Waals surface area contributed by atoms with E-state index in [1.165, 1.54) is 5.39 Å². The minimum atomic E-state index is -3.67. The third-order valence-electron chi connectivity index (χ3n) is 2.40. The summed E-state index contributed by atoms with van der Waals surface area (Å²) in [5, 5.41) is 1.21. The van der Waals surface area contributed by atoms with Crippen molar-refractivity contribution in [2.24, 2.45) is 0 Å². The van der Waals surface area contributed by atoms with Crippen molar-refractivity contribution in [3.63, 3.8) is 0 Å². The minimum Gasteiger partial charge on any atom is -1.00 e. The minimum absolute atomic E-state index is 0. The van der Waals surface area contributed by atoms with Gasteiger partial charge in [0, 0.05) is 16.9 Å². The van der Waals surface area contributed by atoms with Gasteiger partial charge in [-0.15, -0.1) is 0 Å². The van der Waals surface area contributed by atoms with Crippen molar-refractivity contribution in [2.75, 3.05) is 6.61 Å². The van der Waals surface area contributed by atoms with Gasteiger partial charge in [-0.1, -0.05) is 25.5 Å². The fourth-order valence-electron chi connectivity index (χ4n) is 1.55. The molecule has 2 aromatic rings. The lowest BCUT2D eigenvalue weighted by molar-refractivity contribution is -0.871. The summed E-state index contributed by atoms with van der Waals surface area (Å²) in [5.74, 6) is 0. The zero-order valence-electron chi connectivity index (χ0n) is 11.1. The van der Waals surface area contributed by atoms with Crippen LogP contribution in [0, 0.1) is 0 Å². The largest absolute Gasteiger partial charge is 1.00 e. The molecule has 0 atom stereocenters. The monoisotopic (exact) mass is 289 g/mol. The number of aromatic nitrogens is 1. The SMILES string of the molecule is CCCCO[n+]1cccc2ccccc21.FB(F)F.[F-]. The van der Waals surface area contributed by atoms with Crippen LogP contribution in [0.1, 0.15) is 19.8 Å². The van der Waals surface area contributed by atoms with Gasteiger partial charge < -0.3 is 4.70 Å². The molecule has 0 aliphatic rings. The van der Waals surface area contributed by atoms with Crippen molar-refractivity contribution >= 4 is 18.4 Å². The molecule has 0 saturated carbocycles. The number of unbranched alkanes of at least 4 members (excludes halogenated alkanes) is 1. The number of halogens is 4. The second-order valence-electron chi connectivity index (χ2n) is 3.83. The molecule has 110 valence electrons. The smallest absolute Gasteiger partial charge is 0.762 e. The Balaban J connectivity index is 0.000000644. The standard InChI is InChI=1S/C13H16NO.BF3.FH/c1-2-3-11-15-14-10-6-8-12-7-4-5-9-13(12)14;2-1(3)4;/h4-10H,2-3,11H2,1H3;;1H/q+1;;/p-1. The predicted molar refractivity (Wildman–Crippen MR) is 69.6 cm³/mol. The Morgan fingerprint density at radius 1 is 1.10 bits per heavy atom. The molecule has 0 unspecified atom stereocenters. The van der Waals surface area contributed by atoms with E-state index in [2.05, 4.69) is 25.1 Å². The van der Waals surface area contributed by atoms with Crippen LogP contribution in [0.4, 0.5) is 12.9 Å². The maximum atomic E-state index is 9.67. The van der Waals surface area contributed by atoms with Gasteiger partial charge in [0.2, 0.25) is 6.20 Å². The Bertz CT molecular complexity index is 491. The van der Waals surface area contributed by atoms with Crippen LogP contribution in [0.25, 0.3) is 10.9 Å². The fourth-order valence-corrected chi connectivity index (χ4v) is 1.55. The summed E-state index contributed by atoms with van der Waals surface area (Å²) in [5.41, 5.74) is 1.12. The Labute approximate surface area is 115 Å². The van der Waals surface area contributed by atoms with E-state index in [1.807, 2.05) is 29.1 Å². The number of hydrogen-bond acceptors (Lipinski definition) is 1. The summed E-state index contributed by atoms with van der Waals surface area (Å²) in [6.45, 7) is 2.94. The van der Waals surface area contributed by atoms with Crippen LogP contribution in [-0.2, 0) is 0 Å². The van der Waals surface area contributed by atoms with Crippen molar-refractivity contribution in [2.45, 2.75) is 19.8 Å². The lowest BCUT2D eigenvalue weighted by Gasteiger charge is -1.99. The highest BCUT2D eigenvalue weighted by molar-refractivity contribution is 6.33. The first-order chi connectivity index (χ1) is 9.15. The Kier molecular flexibility index (Phi) is 9.16. The van der Waals surface area contributed by atoms with Gasteiger partial charge in [0.05, 0.1) is 5.39 Å². The van der Waals surface area contributed by atoms with E-state index in [-0.39, 0.29) is 4.70 Å². The molecule has 0 bridgehead atoms. The molecule has 0 N–H and O–H groups in total. The Morgan fingerprint density at radius 3 is 2.35 bits per heavy atom. The molecule has 0 aliphatic carbocycles. The maximum Gasteiger partial charge on any atom is 0.762 e. The van der Waals surface area contributed by atoms with Crippen molar-refractivity contribution in [3.05, 3.63) is 42.6 Å². The summed E-state index contributed by atoms with van der Waals surface area (Å²) in [7, 11) is -3.67. The molecule has 1 aromatic heterocycles. The van der Waals surface area contributed by atoms with E-state index in [0.29, 0.717) is 0 Å². The van der Waals surface area contributed by atoms with E-state index in [4.69, 9.17) is 4.84 Å². The van der Waals surface area contributed by atoms with Gasteiger partial charge in [-0.05, 0) is 18.6 Å². The van der Waals surface area contributed by atoms with E-state index >= 15 is 0 Å². The second-order valence-corrected chi connectivity index (χ2v) is 3.83. The summed E-state index contributed by atoms with van der Waals surface area (Å²) in [6.07, 6.45) is 4.21. The summed E-state index contributed by atoms with van der Waals surface area (Å²) in [6, 6.07) is 12.3. The molecule has 0 aliphatic heterocycles. The lowest BCUT2D eigenvalue weighted by Crippen LogP contribution is -3.00. The van der Waals surface area contributed by atoms with Crippen molar-refractivity contribution in [1.29, 1.82) is 0 Å². The van der Waals surface area contributed by atoms with E-state index < -0.39 is 7.54 Å². The van der Waals surface area contributed by atoms with Crippen molar-refractivity contribution in [1.82, 2.24) is 0 Å². The van der Waals surface area contributed by atoms with E-state index in [1.54, 1.807) is 0 Å². The molecule has 1 heterocycles. The van der Waals surface area contributed by atoms with Crippen LogP contribution in [0.2, 0.25) is 0 Å². The van der Waals surface area contributed by atoms with Crippen LogP contribution in [-0.4, -0.2) is 14.2 Å². The number of para-hydroxylation sites is 1. The quantitative estimate of drug-likeness (QED) is 0.340. The number of fused-ring (bicyclic) bond motifs is 1. The zero-order chi connectivity index (χ0) is 14.1. The molecule has 1 aromatic carbocycles. The zero-order valence-corrected chi connectivity index (χ0v) is 11.1. The van der Waals surface area contributed by atoms with Crippen LogP contribution in [0.15, 0.2) is 42.6 Å². The first kappa shape index (κ1) is 18.2. The highest BCUT2D eigenvalue weighted by Crippen LogP contribution is 2.06. The van der Waals surface area contributed by atoms with Crippen LogP contribution >= 0.6 is 0 Å². The molecule has 20 heavy (non-hydrogen) atoms. The molecule has 0 saturated heterocycles. The molecule has 2 nitrogen and oxygen atoms in total. The normalized spacial score (nSPS) is 9.20. The van der Waals surface area contributed by atoms with Gasteiger partial charge in [0.25, 0.3) is 5.52 Å². The molecule has 0 spiro atoms. The number of benzene rings is 1. The number of rotatable bonds is 4. The van der Waals surface area contributed by atoms with Crippen molar-refractivity contribution in [3.8, 4) is 0 Å². The first-order valence-corrected chi connectivity index (χ1v) is 6.10. The summed E-state index contributed by atoms with van der Waals surface area (Å²) in [4.78, 5) is 5.68. The average Bonchev–Trinajstić information content (AvgIpc) is 2.39. The number of hydrogen-bond donors (Lipinski definition) is 0. The second kappa shape index (κ2) is 10.1. The number of nitrogens with zero attached hydrogens (tertiary/aromatic N) is 1. The average molecular weight is 289 g/mol. The topological polar surface area (TPSA) is 13.1 Å². The van der Waals surface area contributed by atoms with Crippen LogP contribution in [0.3, 0.4) is 0 Å². The van der Waals surface area contributed by atoms with Crippen molar-refractivity contribution < 1.29 is 27.2 Å². The molecule has 7 heteroatoms. The molecule has 0 radical (unpaired) electrons. The fraction of sp³-hybridized carbons (Fsp3) is 0.308. The van der Waals surface area contributed by atoms with Gasteiger partial charge >= 0.3 is 7.54 Å². The maximum absolute atomic E-state index is 9.67. The molecule has 0 amide bonds. The van der Waals surface area contributed by atoms with Gasteiger partial charge in [0.1, 0.15) is 0 Å². The van der Waals surface area contributed by atoms with E-state index in [0.717, 1.165) is 25.0 Å². The van der Waals surface area contributed by atoms with Crippen LogP contribution < -0.4 is 14.3 Å². The van der Waals surface area contributed by atoms with Gasteiger partial charge in [-0.25, -0.2) is 0 Å². The molecular formula is C13H16BF4NO.